The van der Waals surface area contributed by atoms with Crippen LogP contribution in [0.25, 0.3) is 0 Å². The molecule has 0 aliphatic heterocycles. The standard InChI is InChI=1S/C11H19NO2/c1-11(12-2,10(13)14)9-6-7-3-4-8(9)5-7/h7-9,12H,3-6H2,1-2H3,(H,13,14). The number of carboxylic acid groups (broad SMARTS) is 1. The van der Waals surface area contributed by atoms with Crippen LogP contribution >= 0.6 is 0 Å². The summed E-state index contributed by atoms with van der Waals surface area (Å²) in [6, 6.07) is 0. The molecule has 3 heteroatoms. The van der Waals surface area contributed by atoms with E-state index in [0.29, 0.717) is 11.8 Å². The Bertz CT molecular complexity index is 254. The van der Waals surface area contributed by atoms with E-state index in [9.17, 15) is 9.90 Å². The summed E-state index contributed by atoms with van der Waals surface area (Å²) in [6.07, 6.45) is 4.92. The molecule has 14 heavy (non-hydrogen) atoms. The average Bonchev–Trinajstić information content (AvgIpc) is 2.77. The molecule has 2 saturated carbocycles. The van der Waals surface area contributed by atoms with Gasteiger partial charge in [-0.15, -0.1) is 0 Å². The zero-order valence-corrected chi connectivity index (χ0v) is 8.92. The molecular weight excluding hydrogens is 178 g/mol. The molecule has 2 bridgehead atoms. The molecule has 4 unspecified atom stereocenters. The van der Waals surface area contributed by atoms with E-state index in [4.69, 9.17) is 0 Å². The Morgan fingerprint density at radius 2 is 2.14 bits per heavy atom. The van der Waals surface area contributed by atoms with Crippen molar-refractivity contribution in [3.63, 3.8) is 0 Å². The number of hydrogen-bond donors (Lipinski definition) is 2. The minimum atomic E-state index is -0.708. The summed E-state index contributed by atoms with van der Waals surface area (Å²) in [5.74, 6) is 1.09. The van der Waals surface area contributed by atoms with Crippen LogP contribution in [0.4, 0.5) is 0 Å². The van der Waals surface area contributed by atoms with Crippen molar-refractivity contribution in [2.24, 2.45) is 17.8 Å². The molecule has 0 amide bonds. The molecule has 0 aromatic heterocycles. The van der Waals surface area contributed by atoms with Gasteiger partial charge in [0, 0.05) is 0 Å². The summed E-state index contributed by atoms with van der Waals surface area (Å²) >= 11 is 0. The van der Waals surface area contributed by atoms with Crippen molar-refractivity contribution >= 4 is 5.97 Å². The fraction of sp³-hybridized carbons (Fsp3) is 0.909. The van der Waals surface area contributed by atoms with Gasteiger partial charge in [0.15, 0.2) is 0 Å². The van der Waals surface area contributed by atoms with Gasteiger partial charge in [-0.25, -0.2) is 0 Å². The van der Waals surface area contributed by atoms with Crippen molar-refractivity contribution in [1.82, 2.24) is 5.32 Å². The largest absolute Gasteiger partial charge is 0.480 e. The van der Waals surface area contributed by atoms with Gasteiger partial charge in [-0.1, -0.05) is 6.42 Å². The van der Waals surface area contributed by atoms with Crippen molar-refractivity contribution in [2.45, 2.75) is 38.1 Å². The van der Waals surface area contributed by atoms with E-state index in [2.05, 4.69) is 5.32 Å². The summed E-state index contributed by atoms with van der Waals surface area (Å²) in [6.45, 7) is 1.83. The van der Waals surface area contributed by atoms with Crippen LogP contribution in [0.15, 0.2) is 0 Å². The van der Waals surface area contributed by atoms with Gasteiger partial charge in [0.1, 0.15) is 5.54 Å². The van der Waals surface area contributed by atoms with E-state index in [1.165, 1.54) is 19.3 Å². The van der Waals surface area contributed by atoms with Crippen LogP contribution in [0.2, 0.25) is 0 Å². The van der Waals surface area contributed by atoms with Gasteiger partial charge in [-0.2, -0.15) is 0 Å². The Morgan fingerprint density at radius 1 is 1.43 bits per heavy atom. The van der Waals surface area contributed by atoms with Gasteiger partial charge in [-0.05, 0) is 51.0 Å². The third-order valence-corrected chi connectivity index (χ3v) is 4.44. The van der Waals surface area contributed by atoms with Gasteiger partial charge in [0.25, 0.3) is 0 Å². The quantitative estimate of drug-likeness (QED) is 0.720. The zero-order chi connectivity index (χ0) is 10.3. The number of carbonyl (C=O) groups is 1. The van der Waals surface area contributed by atoms with E-state index < -0.39 is 11.5 Å². The summed E-state index contributed by atoms with van der Waals surface area (Å²) in [5.41, 5.74) is -0.708. The van der Waals surface area contributed by atoms with Crippen LogP contribution in [-0.2, 0) is 4.79 Å². The third kappa shape index (κ3) is 1.26. The number of nitrogens with one attached hydrogen (secondary N) is 1. The lowest BCUT2D eigenvalue weighted by atomic mass is 9.75. The molecule has 3 nitrogen and oxygen atoms in total. The fourth-order valence-electron chi connectivity index (χ4n) is 3.40. The van der Waals surface area contributed by atoms with E-state index in [1.807, 2.05) is 6.92 Å². The van der Waals surface area contributed by atoms with Gasteiger partial charge >= 0.3 is 5.97 Å². The first kappa shape index (κ1) is 9.97. The molecule has 0 aromatic carbocycles. The average molecular weight is 197 g/mol. The van der Waals surface area contributed by atoms with Crippen molar-refractivity contribution in [3.05, 3.63) is 0 Å². The molecule has 4 atom stereocenters. The van der Waals surface area contributed by atoms with Crippen LogP contribution in [0.5, 0.6) is 0 Å². The molecular formula is C11H19NO2. The molecule has 80 valence electrons. The molecule has 0 spiro atoms. The van der Waals surface area contributed by atoms with Crippen molar-refractivity contribution in [3.8, 4) is 0 Å². The Labute approximate surface area is 84.9 Å². The second-order valence-corrected chi connectivity index (χ2v) is 5.04. The summed E-state index contributed by atoms with van der Waals surface area (Å²) in [4.78, 5) is 11.3. The Balaban J connectivity index is 2.17. The lowest BCUT2D eigenvalue weighted by molar-refractivity contribution is -0.147. The van der Waals surface area contributed by atoms with E-state index >= 15 is 0 Å². The minimum Gasteiger partial charge on any atom is -0.480 e. The number of likely N-dealkylation sites (N-methyl/N-ethyl adjacent to an activating group) is 1. The van der Waals surface area contributed by atoms with Crippen LogP contribution in [0.3, 0.4) is 0 Å². The molecule has 0 saturated heterocycles. The highest BCUT2D eigenvalue weighted by Crippen LogP contribution is 2.52. The molecule has 2 N–H and O–H groups in total. The first-order valence-corrected chi connectivity index (χ1v) is 5.50. The highest BCUT2D eigenvalue weighted by Gasteiger charge is 2.51. The first-order valence-electron chi connectivity index (χ1n) is 5.50. The number of hydrogen-bond acceptors (Lipinski definition) is 2. The van der Waals surface area contributed by atoms with Gasteiger partial charge in [0.05, 0.1) is 0 Å². The first-order chi connectivity index (χ1) is 6.58. The Morgan fingerprint density at radius 3 is 2.50 bits per heavy atom. The van der Waals surface area contributed by atoms with Crippen molar-refractivity contribution < 1.29 is 9.90 Å². The predicted octanol–water partition coefficient (Wildman–Crippen LogP) is 1.49. The monoisotopic (exact) mass is 197 g/mol. The SMILES string of the molecule is CNC(C)(C(=O)O)C1CC2CCC1C2. The maximum absolute atomic E-state index is 11.3. The minimum absolute atomic E-state index is 0.337. The molecule has 2 fully saturated rings. The lowest BCUT2D eigenvalue weighted by Gasteiger charge is -2.36. The van der Waals surface area contributed by atoms with Gasteiger partial charge in [0.2, 0.25) is 0 Å². The van der Waals surface area contributed by atoms with Gasteiger partial charge < -0.3 is 10.4 Å². The van der Waals surface area contributed by atoms with Crippen LogP contribution < -0.4 is 5.32 Å². The normalized spacial score (nSPS) is 39.7. The van der Waals surface area contributed by atoms with E-state index in [-0.39, 0.29) is 0 Å². The summed E-state index contributed by atoms with van der Waals surface area (Å²) in [5, 5.41) is 12.3. The Hall–Kier alpha value is -0.570. The number of fused-ring (bicyclic) bond motifs is 2. The van der Waals surface area contributed by atoms with Crippen molar-refractivity contribution in [2.75, 3.05) is 7.05 Å². The van der Waals surface area contributed by atoms with Crippen LogP contribution in [-0.4, -0.2) is 23.7 Å². The van der Waals surface area contributed by atoms with Crippen LogP contribution in [0.1, 0.15) is 32.6 Å². The number of aliphatic carboxylic acids is 1. The maximum atomic E-state index is 11.3. The topological polar surface area (TPSA) is 49.3 Å². The second kappa shape index (κ2) is 3.23. The second-order valence-electron chi connectivity index (χ2n) is 5.04. The smallest absolute Gasteiger partial charge is 0.323 e. The highest BCUT2D eigenvalue weighted by atomic mass is 16.4. The van der Waals surface area contributed by atoms with Gasteiger partial charge in [-0.3, -0.25) is 4.79 Å². The molecule has 2 rings (SSSR count). The lowest BCUT2D eigenvalue weighted by Crippen LogP contribution is -2.55. The third-order valence-electron chi connectivity index (χ3n) is 4.44. The molecule has 2 aliphatic carbocycles. The number of rotatable bonds is 3. The summed E-state index contributed by atoms with van der Waals surface area (Å²) in [7, 11) is 1.76. The highest BCUT2D eigenvalue weighted by molar-refractivity contribution is 5.78. The van der Waals surface area contributed by atoms with Crippen LogP contribution in [0, 0.1) is 17.8 Å². The van der Waals surface area contributed by atoms with Crippen molar-refractivity contribution in [1.29, 1.82) is 0 Å². The molecule has 0 radical (unpaired) electrons. The zero-order valence-electron chi connectivity index (χ0n) is 8.92. The fourth-order valence-corrected chi connectivity index (χ4v) is 3.40. The molecule has 2 aliphatic rings. The van der Waals surface area contributed by atoms with E-state index in [1.54, 1.807) is 7.05 Å². The predicted molar refractivity (Wildman–Crippen MR) is 54.0 cm³/mol. The Kier molecular flexibility index (Phi) is 2.30. The summed E-state index contributed by atoms with van der Waals surface area (Å²) < 4.78 is 0. The maximum Gasteiger partial charge on any atom is 0.323 e. The molecule has 0 heterocycles. The molecule has 0 aromatic rings. The number of carboxylic acids is 1. The van der Waals surface area contributed by atoms with E-state index in [0.717, 1.165) is 12.3 Å².